The Morgan fingerprint density at radius 1 is 0.864 bits per heavy atom. The van der Waals surface area contributed by atoms with E-state index in [4.69, 9.17) is 23.2 Å². The van der Waals surface area contributed by atoms with E-state index in [2.05, 4.69) is 10.6 Å². The van der Waals surface area contributed by atoms with Crippen LogP contribution >= 0.6 is 23.2 Å². The predicted molar refractivity (Wildman–Crippen MR) is 92.6 cm³/mol. The smallest absolute Gasteiger partial charge is 0.224 e. The normalized spacial score (nSPS) is 10.9. The van der Waals surface area contributed by atoms with Crippen molar-refractivity contribution in [3.8, 4) is 0 Å². The molecule has 0 spiro atoms. The van der Waals surface area contributed by atoms with E-state index in [-0.39, 0.29) is 23.7 Å². The second kappa shape index (κ2) is 8.39. The largest absolute Gasteiger partial charge is 0.325 e. The van der Waals surface area contributed by atoms with Gasteiger partial charge in [0.25, 0.3) is 0 Å². The zero-order valence-electron chi connectivity index (χ0n) is 13.3. The highest BCUT2D eigenvalue weighted by Crippen LogP contribution is 2.33. The summed E-state index contributed by atoms with van der Waals surface area (Å²) in [6.45, 7) is 7.84. The van der Waals surface area contributed by atoms with E-state index < -0.39 is 0 Å². The maximum Gasteiger partial charge on any atom is 0.224 e. The van der Waals surface area contributed by atoms with Crippen LogP contribution in [0.5, 0.6) is 0 Å². The van der Waals surface area contributed by atoms with Crippen molar-refractivity contribution in [1.82, 2.24) is 0 Å². The van der Waals surface area contributed by atoms with Gasteiger partial charge in [0, 0.05) is 12.8 Å². The summed E-state index contributed by atoms with van der Waals surface area (Å²) >= 11 is 12.3. The number of benzene rings is 1. The van der Waals surface area contributed by atoms with Crippen molar-refractivity contribution in [2.75, 3.05) is 10.6 Å². The second-order valence-electron chi connectivity index (χ2n) is 6.10. The van der Waals surface area contributed by atoms with Crippen LogP contribution in [0.2, 0.25) is 10.0 Å². The van der Waals surface area contributed by atoms with Crippen LogP contribution < -0.4 is 10.6 Å². The van der Waals surface area contributed by atoms with Gasteiger partial charge >= 0.3 is 0 Å². The summed E-state index contributed by atoms with van der Waals surface area (Å²) in [6, 6.07) is 3.10. The van der Waals surface area contributed by atoms with E-state index in [0.29, 0.717) is 34.3 Å². The lowest BCUT2D eigenvalue weighted by molar-refractivity contribution is -0.117. The van der Waals surface area contributed by atoms with Crippen molar-refractivity contribution in [1.29, 1.82) is 0 Å². The number of hydrogen-bond donors (Lipinski definition) is 2. The zero-order valence-corrected chi connectivity index (χ0v) is 14.8. The summed E-state index contributed by atoms with van der Waals surface area (Å²) in [5.74, 6) is 0.266. The van der Waals surface area contributed by atoms with E-state index in [0.717, 1.165) is 0 Å². The number of rotatable bonds is 6. The molecule has 0 aromatic heterocycles. The van der Waals surface area contributed by atoms with Crippen molar-refractivity contribution in [2.45, 2.75) is 40.5 Å². The molecule has 0 heterocycles. The average Bonchev–Trinajstić information content (AvgIpc) is 2.33. The first-order valence-electron chi connectivity index (χ1n) is 7.27. The standard InChI is InChI=1S/C16H22Cl2N2O2/c1-9(2)5-15(21)19-13-7-12(18)14(8-11(13)17)20-16(22)6-10(3)4/h7-10H,5-6H2,1-4H3,(H,19,21)(H,20,22). The Kier molecular flexibility index (Phi) is 7.17. The third kappa shape index (κ3) is 6.24. The van der Waals surface area contributed by atoms with Crippen LogP contribution in [-0.2, 0) is 9.59 Å². The molecule has 1 aromatic carbocycles. The Hall–Kier alpha value is -1.26. The number of nitrogens with one attached hydrogen (secondary N) is 2. The van der Waals surface area contributed by atoms with Gasteiger partial charge in [0.05, 0.1) is 21.4 Å². The zero-order chi connectivity index (χ0) is 16.9. The summed E-state index contributed by atoms with van der Waals surface area (Å²) < 4.78 is 0. The Morgan fingerprint density at radius 2 is 1.18 bits per heavy atom. The van der Waals surface area contributed by atoms with Crippen LogP contribution in [0.3, 0.4) is 0 Å². The van der Waals surface area contributed by atoms with E-state index in [1.165, 1.54) is 0 Å². The van der Waals surface area contributed by atoms with Gasteiger partial charge in [0.2, 0.25) is 11.8 Å². The van der Waals surface area contributed by atoms with Gasteiger partial charge in [-0.2, -0.15) is 0 Å². The lowest BCUT2D eigenvalue weighted by Crippen LogP contribution is -2.16. The molecule has 0 aliphatic carbocycles. The van der Waals surface area contributed by atoms with E-state index in [1.54, 1.807) is 12.1 Å². The molecule has 6 heteroatoms. The van der Waals surface area contributed by atoms with Crippen molar-refractivity contribution in [2.24, 2.45) is 11.8 Å². The molecule has 2 N–H and O–H groups in total. The SMILES string of the molecule is CC(C)CC(=O)Nc1cc(Cl)c(NC(=O)CC(C)C)cc1Cl. The maximum absolute atomic E-state index is 11.8. The predicted octanol–water partition coefficient (Wildman–Crippen LogP) is 4.96. The number of carbonyl (C=O) groups is 2. The van der Waals surface area contributed by atoms with Crippen LogP contribution in [0.1, 0.15) is 40.5 Å². The molecule has 0 unspecified atom stereocenters. The molecule has 0 saturated carbocycles. The summed E-state index contributed by atoms with van der Waals surface area (Å²) in [5.41, 5.74) is 0.887. The molecular formula is C16H22Cl2N2O2. The second-order valence-corrected chi connectivity index (χ2v) is 6.92. The van der Waals surface area contributed by atoms with Crippen LogP contribution in [-0.4, -0.2) is 11.8 Å². The first-order chi connectivity index (χ1) is 10.2. The number of hydrogen-bond acceptors (Lipinski definition) is 2. The minimum Gasteiger partial charge on any atom is -0.325 e. The minimum absolute atomic E-state index is 0.121. The molecule has 1 aromatic rings. The van der Waals surface area contributed by atoms with E-state index in [1.807, 2.05) is 27.7 Å². The third-order valence-electron chi connectivity index (χ3n) is 2.79. The molecular weight excluding hydrogens is 323 g/mol. The topological polar surface area (TPSA) is 58.2 Å². The Balaban J connectivity index is 2.83. The Labute approximate surface area is 141 Å². The molecule has 0 fully saturated rings. The van der Waals surface area contributed by atoms with Crippen molar-refractivity contribution in [3.63, 3.8) is 0 Å². The van der Waals surface area contributed by atoms with Gasteiger partial charge in [-0.05, 0) is 24.0 Å². The fraction of sp³-hybridized carbons (Fsp3) is 0.500. The third-order valence-corrected chi connectivity index (χ3v) is 3.42. The van der Waals surface area contributed by atoms with Gasteiger partial charge in [0.15, 0.2) is 0 Å². The molecule has 4 nitrogen and oxygen atoms in total. The number of carbonyl (C=O) groups excluding carboxylic acids is 2. The molecule has 0 atom stereocenters. The molecule has 0 aliphatic heterocycles. The molecule has 0 radical (unpaired) electrons. The number of amides is 2. The molecule has 0 saturated heterocycles. The van der Waals surface area contributed by atoms with Gasteiger partial charge in [0.1, 0.15) is 0 Å². The average molecular weight is 345 g/mol. The minimum atomic E-state index is -0.121. The Bertz CT molecular complexity index is 508. The monoisotopic (exact) mass is 344 g/mol. The number of anilines is 2. The Morgan fingerprint density at radius 3 is 1.45 bits per heavy atom. The van der Waals surface area contributed by atoms with Crippen LogP contribution in [0.4, 0.5) is 11.4 Å². The highest BCUT2D eigenvalue weighted by molar-refractivity contribution is 6.38. The molecule has 122 valence electrons. The first kappa shape index (κ1) is 18.8. The maximum atomic E-state index is 11.8. The van der Waals surface area contributed by atoms with E-state index in [9.17, 15) is 9.59 Å². The highest BCUT2D eigenvalue weighted by Gasteiger charge is 2.13. The number of halogens is 2. The van der Waals surface area contributed by atoms with E-state index >= 15 is 0 Å². The molecule has 0 aliphatic rings. The molecule has 2 amide bonds. The molecule has 0 bridgehead atoms. The summed E-state index contributed by atoms with van der Waals surface area (Å²) in [7, 11) is 0. The summed E-state index contributed by atoms with van der Waals surface area (Å²) in [4.78, 5) is 23.6. The van der Waals surface area contributed by atoms with Gasteiger partial charge in [-0.1, -0.05) is 50.9 Å². The molecule has 1 rings (SSSR count). The van der Waals surface area contributed by atoms with Crippen LogP contribution in [0.15, 0.2) is 12.1 Å². The fourth-order valence-electron chi connectivity index (χ4n) is 1.88. The van der Waals surface area contributed by atoms with Crippen molar-refractivity contribution < 1.29 is 9.59 Å². The van der Waals surface area contributed by atoms with Crippen LogP contribution in [0.25, 0.3) is 0 Å². The summed E-state index contributed by atoms with van der Waals surface area (Å²) in [5, 5.41) is 6.12. The molecule has 22 heavy (non-hydrogen) atoms. The summed E-state index contributed by atoms with van der Waals surface area (Å²) in [6.07, 6.45) is 0.807. The lowest BCUT2D eigenvalue weighted by Gasteiger charge is -2.13. The van der Waals surface area contributed by atoms with Crippen molar-refractivity contribution >= 4 is 46.4 Å². The van der Waals surface area contributed by atoms with Gasteiger partial charge in [-0.15, -0.1) is 0 Å². The van der Waals surface area contributed by atoms with Crippen molar-refractivity contribution in [3.05, 3.63) is 22.2 Å². The fourth-order valence-corrected chi connectivity index (χ4v) is 2.30. The first-order valence-corrected chi connectivity index (χ1v) is 8.03. The van der Waals surface area contributed by atoms with Gasteiger partial charge in [-0.3, -0.25) is 9.59 Å². The van der Waals surface area contributed by atoms with Gasteiger partial charge in [-0.25, -0.2) is 0 Å². The van der Waals surface area contributed by atoms with Gasteiger partial charge < -0.3 is 10.6 Å². The lowest BCUT2D eigenvalue weighted by atomic mass is 10.1. The van der Waals surface area contributed by atoms with Crippen LogP contribution in [0, 0.1) is 11.8 Å². The quantitative estimate of drug-likeness (QED) is 0.765. The highest BCUT2D eigenvalue weighted by atomic mass is 35.5.